The SMILES string of the molecule is COCCONCC(O)c1ccc(F)c(F)c1. The van der Waals surface area contributed by atoms with Gasteiger partial charge in [-0.1, -0.05) is 6.07 Å². The second-order valence-electron chi connectivity index (χ2n) is 3.38. The van der Waals surface area contributed by atoms with Crippen molar-refractivity contribution in [3.05, 3.63) is 35.4 Å². The zero-order valence-corrected chi connectivity index (χ0v) is 9.45. The summed E-state index contributed by atoms with van der Waals surface area (Å²) in [7, 11) is 1.54. The summed E-state index contributed by atoms with van der Waals surface area (Å²) < 4.78 is 30.3. The summed E-state index contributed by atoms with van der Waals surface area (Å²) in [5.74, 6) is -1.92. The third kappa shape index (κ3) is 4.74. The highest BCUT2D eigenvalue weighted by Gasteiger charge is 2.10. The lowest BCUT2D eigenvalue weighted by Gasteiger charge is -2.12. The molecule has 1 aromatic rings. The number of nitrogens with one attached hydrogen (secondary N) is 1. The van der Waals surface area contributed by atoms with Crippen LogP contribution in [0.1, 0.15) is 11.7 Å². The average Bonchev–Trinajstić information content (AvgIpc) is 2.32. The van der Waals surface area contributed by atoms with E-state index in [1.165, 1.54) is 6.07 Å². The van der Waals surface area contributed by atoms with Crippen LogP contribution in [0.5, 0.6) is 0 Å². The van der Waals surface area contributed by atoms with Crippen LogP contribution >= 0.6 is 0 Å². The first-order valence-corrected chi connectivity index (χ1v) is 5.11. The van der Waals surface area contributed by atoms with Crippen molar-refractivity contribution in [2.45, 2.75) is 6.10 Å². The summed E-state index contributed by atoms with van der Waals surface area (Å²) in [5.41, 5.74) is 2.79. The van der Waals surface area contributed by atoms with E-state index in [1.54, 1.807) is 7.11 Å². The van der Waals surface area contributed by atoms with E-state index in [0.29, 0.717) is 13.2 Å². The Labute approximate surface area is 98.1 Å². The number of hydroxylamine groups is 1. The van der Waals surface area contributed by atoms with Crippen LogP contribution in [-0.2, 0) is 9.57 Å². The van der Waals surface area contributed by atoms with Gasteiger partial charge in [0.2, 0.25) is 0 Å². The van der Waals surface area contributed by atoms with E-state index < -0.39 is 17.7 Å². The van der Waals surface area contributed by atoms with Gasteiger partial charge in [-0.15, -0.1) is 0 Å². The van der Waals surface area contributed by atoms with Gasteiger partial charge in [0.25, 0.3) is 0 Å². The van der Waals surface area contributed by atoms with Crippen molar-refractivity contribution in [1.29, 1.82) is 0 Å². The van der Waals surface area contributed by atoms with E-state index in [1.807, 2.05) is 0 Å². The molecule has 0 bridgehead atoms. The van der Waals surface area contributed by atoms with Crippen LogP contribution in [0, 0.1) is 11.6 Å². The van der Waals surface area contributed by atoms with Crippen LogP contribution in [0.25, 0.3) is 0 Å². The molecule has 0 fully saturated rings. The number of rotatable bonds is 7. The fourth-order valence-electron chi connectivity index (χ4n) is 1.17. The van der Waals surface area contributed by atoms with Crippen LogP contribution in [0.2, 0.25) is 0 Å². The Morgan fingerprint density at radius 3 is 2.71 bits per heavy atom. The highest BCUT2D eigenvalue weighted by molar-refractivity contribution is 5.20. The first-order valence-electron chi connectivity index (χ1n) is 5.11. The van der Waals surface area contributed by atoms with Crippen LogP contribution in [-0.4, -0.2) is 32.0 Å². The molecule has 0 amide bonds. The molecule has 0 aromatic heterocycles. The highest BCUT2D eigenvalue weighted by atomic mass is 19.2. The molecular weight excluding hydrogens is 232 g/mol. The molecule has 1 unspecified atom stereocenters. The van der Waals surface area contributed by atoms with E-state index in [4.69, 9.17) is 9.57 Å². The molecule has 1 aromatic carbocycles. The minimum Gasteiger partial charge on any atom is -0.387 e. The summed E-state index contributed by atoms with van der Waals surface area (Å²) in [6.07, 6.45) is -0.965. The molecule has 0 aliphatic carbocycles. The van der Waals surface area contributed by atoms with Gasteiger partial charge in [-0.3, -0.25) is 4.84 Å². The second kappa shape index (κ2) is 7.29. The molecular formula is C11H15F2NO3. The van der Waals surface area contributed by atoms with Gasteiger partial charge >= 0.3 is 0 Å². The molecule has 1 rings (SSSR count). The van der Waals surface area contributed by atoms with Gasteiger partial charge in [-0.25, -0.2) is 8.78 Å². The lowest BCUT2D eigenvalue weighted by Crippen LogP contribution is -2.23. The molecule has 96 valence electrons. The van der Waals surface area contributed by atoms with Gasteiger partial charge in [-0.2, -0.15) is 5.48 Å². The van der Waals surface area contributed by atoms with Crippen molar-refractivity contribution in [2.24, 2.45) is 0 Å². The molecule has 0 spiro atoms. The Morgan fingerprint density at radius 1 is 1.29 bits per heavy atom. The number of benzene rings is 1. The van der Waals surface area contributed by atoms with Gasteiger partial charge < -0.3 is 9.84 Å². The Hall–Kier alpha value is -1.08. The lowest BCUT2D eigenvalue weighted by atomic mass is 10.1. The summed E-state index contributed by atoms with van der Waals surface area (Å²) in [4.78, 5) is 4.92. The summed E-state index contributed by atoms with van der Waals surface area (Å²) >= 11 is 0. The minimum atomic E-state index is -0.984. The zero-order chi connectivity index (χ0) is 12.7. The number of methoxy groups -OCH3 is 1. The molecule has 0 aliphatic rings. The summed E-state index contributed by atoms with van der Waals surface area (Å²) in [5, 5.41) is 9.63. The van der Waals surface area contributed by atoms with E-state index in [9.17, 15) is 13.9 Å². The largest absolute Gasteiger partial charge is 0.387 e. The Bertz CT molecular complexity index is 349. The van der Waals surface area contributed by atoms with E-state index in [0.717, 1.165) is 12.1 Å². The number of aliphatic hydroxyl groups excluding tert-OH is 1. The molecule has 4 nitrogen and oxygen atoms in total. The van der Waals surface area contributed by atoms with E-state index in [-0.39, 0.29) is 12.1 Å². The third-order valence-electron chi connectivity index (χ3n) is 2.10. The summed E-state index contributed by atoms with van der Waals surface area (Å²) in [6, 6.07) is 3.25. The van der Waals surface area contributed by atoms with Crippen LogP contribution in [0.15, 0.2) is 18.2 Å². The van der Waals surface area contributed by atoms with Crippen molar-refractivity contribution in [1.82, 2.24) is 5.48 Å². The first kappa shape index (κ1) is 14.0. The maximum atomic E-state index is 12.9. The zero-order valence-electron chi connectivity index (χ0n) is 9.45. The molecule has 17 heavy (non-hydrogen) atoms. The predicted octanol–water partition coefficient (Wildman–Crippen LogP) is 1.17. The third-order valence-corrected chi connectivity index (χ3v) is 2.10. The normalized spacial score (nSPS) is 12.7. The predicted molar refractivity (Wildman–Crippen MR) is 57.1 cm³/mol. The number of hydrogen-bond acceptors (Lipinski definition) is 4. The molecule has 6 heteroatoms. The number of halogens is 2. The van der Waals surface area contributed by atoms with Crippen molar-refractivity contribution < 1.29 is 23.5 Å². The number of aliphatic hydroxyl groups is 1. The Balaban J connectivity index is 2.36. The van der Waals surface area contributed by atoms with E-state index in [2.05, 4.69) is 5.48 Å². The monoisotopic (exact) mass is 247 g/mol. The second-order valence-corrected chi connectivity index (χ2v) is 3.38. The van der Waals surface area contributed by atoms with Gasteiger partial charge in [0.05, 0.1) is 25.9 Å². The van der Waals surface area contributed by atoms with Crippen molar-refractivity contribution >= 4 is 0 Å². The molecule has 1 atom stereocenters. The molecule has 0 radical (unpaired) electrons. The highest BCUT2D eigenvalue weighted by Crippen LogP contribution is 2.15. The van der Waals surface area contributed by atoms with Crippen LogP contribution < -0.4 is 5.48 Å². The molecule has 0 saturated carbocycles. The van der Waals surface area contributed by atoms with Crippen molar-refractivity contribution in [2.75, 3.05) is 26.9 Å². The Morgan fingerprint density at radius 2 is 2.06 bits per heavy atom. The van der Waals surface area contributed by atoms with Crippen molar-refractivity contribution in [3.63, 3.8) is 0 Å². The fourth-order valence-corrected chi connectivity index (χ4v) is 1.17. The lowest BCUT2D eigenvalue weighted by molar-refractivity contribution is -0.0112. The van der Waals surface area contributed by atoms with E-state index >= 15 is 0 Å². The minimum absolute atomic E-state index is 0.0782. The molecule has 2 N–H and O–H groups in total. The molecule has 0 heterocycles. The quantitative estimate of drug-likeness (QED) is 0.561. The Kier molecular flexibility index (Phi) is 5.99. The van der Waals surface area contributed by atoms with Gasteiger partial charge in [-0.05, 0) is 17.7 Å². The molecule has 0 aliphatic heterocycles. The number of hydrogen-bond donors (Lipinski definition) is 2. The van der Waals surface area contributed by atoms with Gasteiger partial charge in [0.1, 0.15) is 0 Å². The van der Waals surface area contributed by atoms with Crippen LogP contribution in [0.3, 0.4) is 0 Å². The smallest absolute Gasteiger partial charge is 0.159 e. The van der Waals surface area contributed by atoms with Gasteiger partial charge in [0.15, 0.2) is 11.6 Å². The number of ether oxygens (including phenoxy) is 1. The maximum Gasteiger partial charge on any atom is 0.159 e. The van der Waals surface area contributed by atoms with Crippen molar-refractivity contribution in [3.8, 4) is 0 Å². The van der Waals surface area contributed by atoms with Crippen LogP contribution in [0.4, 0.5) is 8.78 Å². The maximum absolute atomic E-state index is 12.9. The topological polar surface area (TPSA) is 50.7 Å². The average molecular weight is 247 g/mol. The first-order chi connectivity index (χ1) is 8.15. The molecule has 0 saturated heterocycles. The standard InChI is InChI=1S/C11H15F2NO3/c1-16-4-5-17-14-7-11(15)8-2-3-9(12)10(13)6-8/h2-3,6,11,14-15H,4-5,7H2,1H3. The van der Waals surface area contributed by atoms with Gasteiger partial charge in [0, 0.05) is 7.11 Å². The summed E-state index contributed by atoms with van der Waals surface area (Å²) in [6.45, 7) is 0.837. The fraction of sp³-hybridized carbons (Fsp3) is 0.455.